The summed E-state index contributed by atoms with van der Waals surface area (Å²) >= 11 is 10.1. The third-order valence-corrected chi connectivity index (χ3v) is 5.60. The highest BCUT2D eigenvalue weighted by molar-refractivity contribution is 8.06. The zero-order chi connectivity index (χ0) is 11.4. The maximum absolute atomic E-state index is 6.09. The fourth-order valence-corrected chi connectivity index (χ4v) is 4.46. The lowest BCUT2D eigenvalue weighted by Crippen LogP contribution is -2.23. The van der Waals surface area contributed by atoms with Gasteiger partial charge in [-0.25, -0.2) is 0 Å². The molecule has 1 aromatic rings. The van der Waals surface area contributed by atoms with Crippen LogP contribution in [0.3, 0.4) is 0 Å². The van der Waals surface area contributed by atoms with Crippen LogP contribution >= 0.6 is 35.1 Å². The highest BCUT2D eigenvalue weighted by Gasteiger charge is 2.14. The maximum Gasteiger partial charge on any atom is 0.0763 e. The molecule has 1 fully saturated rings. The summed E-state index contributed by atoms with van der Waals surface area (Å²) < 4.78 is 0. The first kappa shape index (κ1) is 12.3. The van der Waals surface area contributed by atoms with E-state index in [1.807, 2.05) is 41.7 Å². The van der Waals surface area contributed by atoms with Crippen molar-refractivity contribution in [2.45, 2.75) is 5.25 Å². The van der Waals surface area contributed by atoms with Crippen LogP contribution in [0.2, 0.25) is 5.02 Å². The Balaban J connectivity index is 1.93. The smallest absolute Gasteiger partial charge is 0.0763 e. The molecule has 0 bridgehead atoms. The van der Waals surface area contributed by atoms with Gasteiger partial charge in [0.15, 0.2) is 0 Å². The Morgan fingerprint density at radius 3 is 3.00 bits per heavy atom. The Kier molecular flexibility index (Phi) is 4.55. The Morgan fingerprint density at radius 2 is 2.31 bits per heavy atom. The molecule has 1 aliphatic rings. The lowest BCUT2D eigenvalue weighted by Gasteiger charge is -2.22. The van der Waals surface area contributed by atoms with Crippen molar-refractivity contribution in [2.75, 3.05) is 34.9 Å². The molecule has 5 heteroatoms. The van der Waals surface area contributed by atoms with E-state index in [0.29, 0.717) is 10.3 Å². The van der Waals surface area contributed by atoms with Crippen molar-refractivity contribution in [2.24, 2.45) is 0 Å². The number of halogens is 1. The van der Waals surface area contributed by atoms with Gasteiger partial charge in [0, 0.05) is 29.1 Å². The van der Waals surface area contributed by atoms with Gasteiger partial charge >= 0.3 is 0 Å². The van der Waals surface area contributed by atoms with Crippen LogP contribution < -0.4 is 11.1 Å². The molecule has 0 aliphatic carbocycles. The normalized spacial score (nSPS) is 20.7. The second-order valence-electron chi connectivity index (χ2n) is 3.65. The maximum atomic E-state index is 6.09. The molecule has 1 aliphatic heterocycles. The van der Waals surface area contributed by atoms with Crippen LogP contribution in [0.25, 0.3) is 0 Å². The molecule has 88 valence electrons. The number of thioether (sulfide) groups is 2. The van der Waals surface area contributed by atoms with Crippen LogP contribution in [0.5, 0.6) is 0 Å². The fourth-order valence-electron chi connectivity index (χ4n) is 1.60. The van der Waals surface area contributed by atoms with E-state index in [2.05, 4.69) is 5.32 Å². The molecule has 1 aromatic carbocycles. The van der Waals surface area contributed by atoms with Crippen LogP contribution in [0.4, 0.5) is 11.4 Å². The van der Waals surface area contributed by atoms with Gasteiger partial charge < -0.3 is 11.1 Å². The summed E-state index contributed by atoms with van der Waals surface area (Å²) in [5.74, 6) is 3.73. The van der Waals surface area contributed by atoms with E-state index in [1.54, 1.807) is 0 Å². The summed E-state index contributed by atoms with van der Waals surface area (Å²) in [7, 11) is 0. The van der Waals surface area contributed by atoms with Gasteiger partial charge in [0.1, 0.15) is 0 Å². The fraction of sp³-hybridized carbons (Fsp3) is 0.455. The number of hydrogen-bond acceptors (Lipinski definition) is 4. The first-order valence-corrected chi connectivity index (χ1v) is 7.82. The molecule has 0 spiro atoms. The average Bonchev–Trinajstić information content (AvgIpc) is 2.30. The first-order chi connectivity index (χ1) is 7.77. The highest BCUT2D eigenvalue weighted by Crippen LogP contribution is 2.29. The predicted molar refractivity (Wildman–Crippen MR) is 77.9 cm³/mol. The summed E-state index contributed by atoms with van der Waals surface area (Å²) in [5.41, 5.74) is 7.48. The Bertz CT molecular complexity index is 334. The molecule has 1 atom stereocenters. The number of para-hydroxylation sites is 1. The van der Waals surface area contributed by atoms with Crippen LogP contribution in [0.1, 0.15) is 0 Å². The number of anilines is 2. The quantitative estimate of drug-likeness (QED) is 0.831. The number of hydrogen-bond donors (Lipinski definition) is 2. The summed E-state index contributed by atoms with van der Waals surface area (Å²) in [4.78, 5) is 0. The number of rotatable bonds is 3. The SMILES string of the molecule is Nc1cccc(Cl)c1NCC1CSCCS1. The lowest BCUT2D eigenvalue weighted by atomic mass is 10.2. The van der Waals surface area contributed by atoms with Crippen molar-refractivity contribution >= 4 is 46.5 Å². The van der Waals surface area contributed by atoms with E-state index in [4.69, 9.17) is 17.3 Å². The molecule has 0 amide bonds. The summed E-state index contributed by atoms with van der Waals surface area (Å²) in [6.45, 7) is 0.936. The van der Waals surface area contributed by atoms with E-state index < -0.39 is 0 Å². The van der Waals surface area contributed by atoms with Gasteiger partial charge in [-0.1, -0.05) is 17.7 Å². The molecule has 3 N–H and O–H groups in total. The van der Waals surface area contributed by atoms with Crippen molar-refractivity contribution in [3.05, 3.63) is 23.2 Å². The minimum atomic E-state index is 0.662. The molecule has 1 unspecified atom stereocenters. The molecule has 1 saturated heterocycles. The number of nitrogens with one attached hydrogen (secondary N) is 1. The Hall–Kier alpha value is -0.190. The second-order valence-corrected chi connectivity index (χ2v) is 6.62. The van der Waals surface area contributed by atoms with Gasteiger partial charge in [0.2, 0.25) is 0 Å². The second kappa shape index (κ2) is 5.94. The van der Waals surface area contributed by atoms with Crippen LogP contribution in [0, 0.1) is 0 Å². The topological polar surface area (TPSA) is 38.0 Å². The van der Waals surface area contributed by atoms with Gasteiger partial charge in [-0.05, 0) is 12.1 Å². The van der Waals surface area contributed by atoms with E-state index >= 15 is 0 Å². The van der Waals surface area contributed by atoms with Crippen molar-refractivity contribution in [1.29, 1.82) is 0 Å². The third-order valence-electron chi connectivity index (χ3n) is 2.44. The average molecular weight is 275 g/mol. The summed E-state index contributed by atoms with van der Waals surface area (Å²) in [6.07, 6.45) is 0. The predicted octanol–water partition coefficient (Wildman–Crippen LogP) is 3.18. The molecule has 2 nitrogen and oxygen atoms in total. The minimum absolute atomic E-state index is 0.662. The van der Waals surface area contributed by atoms with E-state index in [9.17, 15) is 0 Å². The zero-order valence-corrected chi connectivity index (χ0v) is 11.3. The van der Waals surface area contributed by atoms with E-state index in [1.165, 1.54) is 17.3 Å². The molecule has 1 heterocycles. The van der Waals surface area contributed by atoms with Gasteiger partial charge in [-0.3, -0.25) is 0 Å². The Labute approximate surface area is 110 Å². The molecular formula is C11H15ClN2S2. The summed E-state index contributed by atoms with van der Waals surface area (Å²) in [6, 6.07) is 5.61. The van der Waals surface area contributed by atoms with Crippen LogP contribution in [-0.4, -0.2) is 29.1 Å². The lowest BCUT2D eigenvalue weighted by molar-refractivity contribution is 1.01. The molecular weight excluding hydrogens is 260 g/mol. The third kappa shape index (κ3) is 3.15. The Morgan fingerprint density at radius 1 is 1.44 bits per heavy atom. The van der Waals surface area contributed by atoms with E-state index in [0.717, 1.165) is 17.9 Å². The van der Waals surface area contributed by atoms with Crippen molar-refractivity contribution in [3.63, 3.8) is 0 Å². The molecule has 0 aromatic heterocycles. The van der Waals surface area contributed by atoms with E-state index in [-0.39, 0.29) is 0 Å². The largest absolute Gasteiger partial charge is 0.397 e. The van der Waals surface area contributed by atoms with Crippen LogP contribution in [-0.2, 0) is 0 Å². The summed E-state index contributed by atoms with van der Waals surface area (Å²) in [5, 5.41) is 4.72. The number of benzene rings is 1. The monoisotopic (exact) mass is 274 g/mol. The van der Waals surface area contributed by atoms with Crippen molar-refractivity contribution in [1.82, 2.24) is 0 Å². The molecule has 2 rings (SSSR count). The molecule has 0 saturated carbocycles. The first-order valence-electron chi connectivity index (χ1n) is 5.24. The van der Waals surface area contributed by atoms with Gasteiger partial charge in [0.25, 0.3) is 0 Å². The number of nitrogens with two attached hydrogens (primary N) is 1. The van der Waals surface area contributed by atoms with Crippen molar-refractivity contribution < 1.29 is 0 Å². The molecule has 0 radical (unpaired) electrons. The van der Waals surface area contributed by atoms with Gasteiger partial charge in [0.05, 0.1) is 16.4 Å². The van der Waals surface area contributed by atoms with Crippen molar-refractivity contribution in [3.8, 4) is 0 Å². The molecule has 16 heavy (non-hydrogen) atoms. The zero-order valence-electron chi connectivity index (χ0n) is 8.91. The highest BCUT2D eigenvalue weighted by atomic mass is 35.5. The minimum Gasteiger partial charge on any atom is -0.397 e. The van der Waals surface area contributed by atoms with Crippen LogP contribution in [0.15, 0.2) is 18.2 Å². The number of nitrogen functional groups attached to an aromatic ring is 1. The standard InChI is InChI=1S/C11H15ClN2S2/c12-9-2-1-3-10(13)11(9)14-6-8-7-15-4-5-16-8/h1-3,8,14H,4-7,13H2. The van der Waals surface area contributed by atoms with Gasteiger partial charge in [-0.15, -0.1) is 0 Å². The van der Waals surface area contributed by atoms with Gasteiger partial charge in [-0.2, -0.15) is 23.5 Å².